The van der Waals surface area contributed by atoms with Crippen LogP contribution in [0.4, 0.5) is 0 Å². The second-order valence-corrected chi connectivity index (χ2v) is 7.47. The molecule has 0 saturated carbocycles. The molecule has 0 radical (unpaired) electrons. The van der Waals surface area contributed by atoms with E-state index in [1.54, 1.807) is 24.5 Å². The highest BCUT2D eigenvalue weighted by molar-refractivity contribution is 7.09. The van der Waals surface area contributed by atoms with Gasteiger partial charge in [0.15, 0.2) is 0 Å². The third-order valence-corrected chi connectivity index (χ3v) is 5.91. The van der Waals surface area contributed by atoms with Gasteiger partial charge in [-0.3, -0.25) is 4.79 Å². The first-order valence-electron chi connectivity index (χ1n) is 8.72. The summed E-state index contributed by atoms with van der Waals surface area (Å²) >= 11 is 1.67. The van der Waals surface area contributed by atoms with Gasteiger partial charge in [-0.25, -0.2) is 4.98 Å². The molecule has 2 rings (SSSR count). The van der Waals surface area contributed by atoms with Crippen LogP contribution in [0.15, 0.2) is 48.5 Å². The van der Waals surface area contributed by atoms with E-state index in [-0.39, 0.29) is 24.0 Å². The number of ether oxygens (including phenoxy) is 1. The summed E-state index contributed by atoms with van der Waals surface area (Å²) in [5.74, 6) is 0.427. The van der Waals surface area contributed by atoms with E-state index in [2.05, 4.69) is 25.1 Å². The molecule has 1 aliphatic rings. The van der Waals surface area contributed by atoms with Crippen LogP contribution < -0.4 is 0 Å². The van der Waals surface area contributed by atoms with Gasteiger partial charge >= 0.3 is 0 Å². The molecule has 1 aromatic heterocycles. The average Bonchev–Trinajstić information content (AvgIpc) is 3.30. The number of likely N-dealkylation sites (tertiary alicyclic amines) is 1. The maximum absolute atomic E-state index is 11.4. The van der Waals surface area contributed by atoms with E-state index < -0.39 is 0 Å². The van der Waals surface area contributed by atoms with Crippen molar-refractivity contribution in [3.63, 3.8) is 0 Å². The van der Waals surface area contributed by atoms with Gasteiger partial charge in [0.25, 0.3) is 0 Å². The first-order valence-corrected chi connectivity index (χ1v) is 9.60. The van der Waals surface area contributed by atoms with Gasteiger partial charge in [-0.1, -0.05) is 43.9 Å². The molecule has 1 amide bonds. The molecule has 4 atom stereocenters. The lowest BCUT2D eigenvalue weighted by molar-refractivity contribution is -0.122. The van der Waals surface area contributed by atoms with Gasteiger partial charge in [0, 0.05) is 31.1 Å². The number of carbonyl (C=O) groups excluding carboxylic acids is 1. The van der Waals surface area contributed by atoms with E-state index in [1.807, 2.05) is 28.6 Å². The van der Waals surface area contributed by atoms with E-state index in [4.69, 9.17) is 4.74 Å². The standard InChI is InChI=1S/C20H28N2O2S/c1-5-6-8-15(2)13-17(20-21-10-12-25-20)16(3)19(24-4)18-9-7-11-22(18)14-23/h5-6,8,10,12,14,16-19H,1-2,7,9,11,13H2,3-4H3/b8-6-. The van der Waals surface area contributed by atoms with Crippen molar-refractivity contribution < 1.29 is 9.53 Å². The summed E-state index contributed by atoms with van der Waals surface area (Å²) < 4.78 is 5.88. The summed E-state index contributed by atoms with van der Waals surface area (Å²) in [5.41, 5.74) is 1.04. The summed E-state index contributed by atoms with van der Waals surface area (Å²) in [6.45, 7) is 10.9. The van der Waals surface area contributed by atoms with Crippen LogP contribution in [0.2, 0.25) is 0 Å². The molecule has 0 spiro atoms. The number of hydrogen-bond donors (Lipinski definition) is 0. The Morgan fingerprint density at radius 2 is 2.40 bits per heavy atom. The molecule has 0 aromatic carbocycles. The molecule has 5 heteroatoms. The van der Waals surface area contributed by atoms with Gasteiger partial charge in [-0.2, -0.15) is 0 Å². The van der Waals surface area contributed by atoms with E-state index in [1.165, 1.54) is 0 Å². The van der Waals surface area contributed by atoms with Crippen molar-refractivity contribution in [3.05, 3.63) is 53.5 Å². The minimum Gasteiger partial charge on any atom is -0.379 e. The second kappa shape index (κ2) is 9.68. The summed E-state index contributed by atoms with van der Waals surface area (Å²) in [6.07, 6.45) is 11.3. The smallest absolute Gasteiger partial charge is 0.210 e. The zero-order chi connectivity index (χ0) is 18.2. The molecular formula is C20H28N2O2S. The normalized spacial score (nSPS) is 21.2. The molecule has 1 aliphatic heterocycles. The Morgan fingerprint density at radius 3 is 3.00 bits per heavy atom. The maximum atomic E-state index is 11.4. The molecule has 1 saturated heterocycles. The molecular weight excluding hydrogens is 332 g/mol. The van der Waals surface area contributed by atoms with Gasteiger partial charge in [-0.05, 0) is 25.2 Å². The fourth-order valence-electron chi connectivity index (χ4n) is 3.72. The Bertz CT molecular complexity index is 597. The number of rotatable bonds is 10. The number of nitrogens with zero attached hydrogens (tertiary/aromatic N) is 2. The van der Waals surface area contributed by atoms with E-state index in [0.29, 0.717) is 0 Å². The molecule has 4 unspecified atom stereocenters. The van der Waals surface area contributed by atoms with E-state index >= 15 is 0 Å². The predicted molar refractivity (Wildman–Crippen MR) is 104 cm³/mol. The number of allylic oxidation sites excluding steroid dienone is 4. The summed E-state index contributed by atoms with van der Waals surface area (Å²) in [5, 5.41) is 3.10. The SMILES string of the molecule is C=C/C=C\C(=C)CC(c1nccs1)C(C)C(OC)C1CCCN1C=O. The predicted octanol–water partition coefficient (Wildman–Crippen LogP) is 4.19. The fourth-order valence-corrected chi connectivity index (χ4v) is 4.58. The highest BCUT2D eigenvalue weighted by atomic mass is 32.1. The van der Waals surface area contributed by atoms with Gasteiger partial charge in [0.1, 0.15) is 0 Å². The number of thiazole rings is 1. The lowest BCUT2D eigenvalue weighted by Crippen LogP contribution is -2.44. The van der Waals surface area contributed by atoms with Crippen LogP contribution in [0.3, 0.4) is 0 Å². The Balaban J connectivity index is 2.22. The van der Waals surface area contributed by atoms with Crippen LogP contribution in [-0.4, -0.2) is 42.1 Å². The summed E-state index contributed by atoms with van der Waals surface area (Å²) in [4.78, 5) is 17.8. The Kier molecular flexibility index (Phi) is 7.59. The van der Waals surface area contributed by atoms with E-state index in [0.717, 1.165) is 42.8 Å². The molecule has 0 aliphatic carbocycles. The number of amides is 1. The van der Waals surface area contributed by atoms with Crippen LogP contribution in [0, 0.1) is 5.92 Å². The first kappa shape index (κ1) is 19.6. The molecule has 1 aromatic rings. The first-order chi connectivity index (χ1) is 12.1. The van der Waals surface area contributed by atoms with Crippen LogP contribution in [0.5, 0.6) is 0 Å². The van der Waals surface area contributed by atoms with Crippen molar-refractivity contribution >= 4 is 17.7 Å². The zero-order valence-corrected chi connectivity index (χ0v) is 16.0. The topological polar surface area (TPSA) is 42.4 Å². The lowest BCUT2D eigenvalue weighted by atomic mass is 9.81. The van der Waals surface area contributed by atoms with Crippen LogP contribution in [-0.2, 0) is 9.53 Å². The number of aromatic nitrogens is 1. The maximum Gasteiger partial charge on any atom is 0.210 e. The second-order valence-electron chi connectivity index (χ2n) is 6.55. The molecule has 0 bridgehead atoms. The number of methoxy groups -OCH3 is 1. The minimum atomic E-state index is -0.0159. The highest BCUT2D eigenvalue weighted by Crippen LogP contribution is 2.38. The lowest BCUT2D eigenvalue weighted by Gasteiger charge is -2.36. The number of carbonyl (C=O) groups is 1. The van der Waals surface area contributed by atoms with Crippen molar-refractivity contribution in [3.8, 4) is 0 Å². The molecule has 136 valence electrons. The van der Waals surface area contributed by atoms with Gasteiger partial charge in [0.2, 0.25) is 6.41 Å². The quantitative estimate of drug-likeness (QED) is 0.464. The number of hydrogen-bond acceptors (Lipinski definition) is 4. The average molecular weight is 361 g/mol. The van der Waals surface area contributed by atoms with Crippen molar-refractivity contribution in [2.24, 2.45) is 5.92 Å². The van der Waals surface area contributed by atoms with Crippen molar-refractivity contribution in [2.75, 3.05) is 13.7 Å². The fraction of sp³-hybridized carbons (Fsp3) is 0.500. The molecule has 25 heavy (non-hydrogen) atoms. The minimum absolute atomic E-state index is 0.0159. The Hall–Kier alpha value is -1.72. The van der Waals surface area contributed by atoms with Crippen LogP contribution in [0.25, 0.3) is 0 Å². The van der Waals surface area contributed by atoms with Gasteiger partial charge in [0.05, 0.1) is 17.2 Å². The monoisotopic (exact) mass is 360 g/mol. The van der Waals surface area contributed by atoms with E-state index in [9.17, 15) is 4.79 Å². The van der Waals surface area contributed by atoms with Crippen molar-refractivity contribution in [1.82, 2.24) is 9.88 Å². The van der Waals surface area contributed by atoms with Crippen LogP contribution in [0.1, 0.15) is 37.1 Å². The molecule has 2 heterocycles. The third kappa shape index (κ3) is 4.89. The summed E-state index contributed by atoms with van der Waals surface area (Å²) in [7, 11) is 1.74. The molecule has 1 fully saturated rings. The summed E-state index contributed by atoms with van der Waals surface area (Å²) in [6, 6.07) is 0.136. The van der Waals surface area contributed by atoms with Crippen LogP contribution >= 0.6 is 11.3 Å². The zero-order valence-electron chi connectivity index (χ0n) is 15.1. The third-order valence-electron chi connectivity index (χ3n) is 5.00. The molecule has 4 nitrogen and oxygen atoms in total. The van der Waals surface area contributed by atoms with Crippen molar-refractivity contribution in [2.45, 2.75) is 44.2 Å². The highest BCUT2D eigenvalue weighted by Gasteiger charge is 2.38. The Morgan fingerprint density at radius 1 is 1.60 bits per heavy atom. The van der Waals surface area contributed by atoms with Crippen molar-refractivity contribution in [1.29, 1.82) is 0 Å². The largest absolute Gasteiger partial charge is 0.379 e. The Labute approximate surface area is 154 Å². The van der Waals surface area contributed by atoms with Gasteiger partial charge < -0.3 is 9.64 Å². The van der Waals surface area contributed by atoms with Gasteiger partial charge in [-0.15, -0.1) is 11.3 Å². The molecule has 0 N–H and O–H groups in total.